The summed E-state index contributed by atoms with van der Waals surface area (Å²) >= 11 is 0. The average molecular weight is 416 g/mol. The molecule has 2 fully saturated rings. The second-order valence-electron chi connectivity index (χ2n) is 9.13. The van der Waals surface area contributed by atoms with Gasteiger partial charge in [-0.3, -0.25) is 4.99 Å². The smallest absolute Gasteiger partial charge is 0.191 e. The number of ether oxygens (including phenoxy) is 2. The molecule has 1 heterocycles. The van der Waals surface area contributed by atoms with E-state index in [4.69, 9.17) is 14.5 Å². The summed E-state index contributed by atoms with van der Waals surface area (Å²) in [4.78, 5) is 5.01. The first-order valence-corrected chi connectivity index (χ1v) is 11.8. The number of methoxy groups -OCH3 is 1. The molecule has 2 N–H and O–H groups in total. The lowest BCUT2D eigenvalue weighted by Gasteiger charge is -2.33. The van der Waals surface area contributed by atoms with E-state index in [0.29, 0.717) is 11.3 Å². The van der Waals surface area contributed by atoms with Crippen molar-refractivity contribution in [2.75, 3.05) is 40.0 Å². The van der Waals surface area contributed by atoms with E-state index < -0.39 is 0 Å². The van der Waals surface area contributed by atoms with Crippen molar-refractivity contribution in [3.05, 3.63) is 35.4 Å². The van der Waals surface area contributed by atoms with Crippen LogP contribution in [-0.2, 0) is 9.47 Å². The Balaban J connectivity index is 1.62. The maximum absolute atomic E-state index is 6.20. The number of aliphatic imine (C=N–C) groups is 1. The first-order valence-electron chi connectivity index (χ1n) is 11.8. The number of nitrogens with one attached hydrogen (secondary N) is 2. The second kappa shape index (κ2) is 11.7. The first-order chi connectivity index (χ1) is 14.7. The molecular weight excluding hydrogens is 374 g/mol. The number of aryl methyl sites for hydroxylation is 1. The summed E-state index contributed by atoms with van der Waals surface area (Å²) in [6.07, 6.45) is 8.76. The topological polar surface area (TPSA) is 54.9 Å². The Bertz CT molecular complexity index is 653. The fourth-order valence-electron chi connectivity index (χ4n) is 4.92. The molecule has 1 aromatic carbocycles. The van der Waals surface area contributed by atoms with Crippen LogP contribution >= 0.6 is 0 Å². The molecule has 0 amide bonds. The first kappa shape index (κ1) is 23.1. The van der Waals surface area contributed by atoms with Gasteiger partial charge in [0.1, 0.15) is 0 Å². The summed E-state index contributed by atoms with van der Waals surface area (Å²) in [5.74, 6) is 1.40. The van der Waals surface area contributed by atoms with Crippen LogP contribution in [0.25, 0.3) is 0 Å². The molecule has 1 aliphatic heterocycles. The monoisotopic (exact) mass is 415 g/mol. The minimum atomic E-state index is 0.164. The zero-order valence-electron chi connectivity index (χ0n) is 19.2. The third kappa shape index (κ3) is 6.45. The number of hydrogen-bond acceptors (Lipinski definition) is 3. The number of hydrogen-bond donors (Lipinski definition) is 2. The Hall–Kier alpha value is -1.59. The van der Waals surface area contributed by atoms with Crippen LogP contribution in [0, 0.1) is 18.3 Å². The van der Waals surface area contributed by atoms with Crippen molar-refractivity contribution in [3.63, 3.8) is 0 Å². The van der Waals surface area contributed by atoms with Gasteiger partial charge in [0.25, 0.3) is 0 Å². The van der Waals surface area contributed by atoms with Gasteiger partial charge in [0.2, 0.25) is 0 Å². The van der Waals surface area contributed by atoms with Gasteiger partial charge < -0.3 is 20.1 Å². The molecule has 5 heteroatoms. The number of guanidine groups is 1. The highest BCUT2D eigenvalue weighted by atomic mass is 16.5. The molecule has 1 aliphatic carbocycles. The molecular formula is C25H41N3O2. The summed E-state index contributed by atoms with van der Waals surface area (Å²) in [7, 11) is 1.80. The quantitative estimate of drug-likeness (QED) is 0.457. The van der Waals surface area contributed by atoms with Crippen molar-refractivity contribution >= 4 is 5.96 Å². The average Bonchev–Trinajstić information content (AvgIpc) is 3.24. The lowest BCUT2D eigenvalue weighted by molar-refractivity contribution is -0.0265. The molecule has 1 saturated heterocycles. The zero-order valence-corrected chi connectivity index (χ0v) is 19.2. The second-order valence-corrected chi connectivity index (χ2v) is 9.13. The van der Waals surface area contributed by atoms with Crippen molar-refractivity contribution in [1.29, 1.82) is 0 Å². The molecule has 1 saturated carbocycles. The highest BCUT2D eigenvalue weighted by Crippen LogP contribution is 2.41. The maximum atomic E-state index is 6.20. The fourth-order valence-corrected chi connectivity index (χ4v) is 4.92. The summed E-state index contributed by atoms with van der Waals surface area (Å²) in [5, 5.41) is 7.07. The van der Waals surface area contributed by atoms with Crippen LogP contribution in [0.1, 0.15) is 69.1 Å². The van der Waals surface area contributed by atoms with E-state index in [0.717, 1.165) is 51.6 Å². The SMILES string of the molecule is CCNC(=NCC1(CCOC)CCCC1)NCC1CCCOC1c1ccc(C)cc1. The third-order valence-electron chi connectivity index (χ3n) is 6.80. The van der Waals surface area contributed by atoms with Gasteiger partial charge >= 0.3 is 0 Å². The molecule has 30 heavy (non-hydrogen) atoms. The normalized spacial score (nSPS) is 24.0. The summed E-state index contributed by atoms with van der Waals surface area (Å²) in [5.41, 5.74) is 2.90. The van der Waals surface area contributed by atoms with Crippen molar-refractivity contribution in [1.82, 2.24) is 10.6 Å². The van der Waals surface area contributed by atoms with E-state index >= 15 is 0 Å². The van der Waals surface area contributed by atoms with Gasteiger partial charge in [-0.1, -0.05) is 42.7 Å². The van der Waals surface area contributed by atoms with Gasteiger partial charge in [0.05, 0.1) is 6.10 Å². The number of rotatable bonds is 9. The molecule has 0 spiro atoms. The van der Waals surface area contributed by atoms with Gasteiger partial charge in [0, 0.05) is 45.9 Å². The molecule has 2 unspecified atom stereocenters. The standard InChI is InChI=1S/C25H41N3O2/c1-4-26-24(28-19-25(15-17-29-3)13-5-6-14-25)27-18-22-8-7-16-30-23(22)21-11-9-20(2)10-12-21/h9-12,22-23H,4-8,13-19H2,1-3H3,(H2,26,27,28). The lowest BCUT2D eigenvalue weighted by Crippen LogP contribution is -2.42. The van der Waals surface area contributed by atoms with Crippen LogP contribution in [0.15, 0.2) is 29.3 Å². The van der Waals surface area contributed by atoms with E-state index in [9.17, 15) is 0 Å². The van der Waals surface area contributed by atoms with E-state index in [1.165, 1.54) is 43.2 Å². The Morgan fingerprint density at radius 3 is 2.63 bits per heavy atom. The van der Waals surface area contributed by atoms with Crippen molar-refractivity contribution < 1.29 is 9.47 Å². The molecule has 0 bridgehead atoms. The van der Waals surface area contributed by atoms with E-state index in [1.54, 1.807) is 7.11 Å². The van der Waals surface area contributed by atoms with Gasteiger partial charge in [0.15, 0.2) is 5.96 Å². The summed E-state index contributed by atoms with van der Waals surface area (Å²) in [6.45, 7) is 8.59. The molecule has 5 nitrogen and oxygen atoms in total. The molecule has 168 valence electrons. The fraction of sp³-hybridized carbons (Fsp3) is 0.720. The van der Waals surface area contributed by atoms with Gasteiger partial charge in [-0.2, -0.15) is 0 Å². The van der Waals surface area contributed by atoms with E-state index in [1.807, 2.05) is 0 Å². The Morgan fingerprint density at radius 2 is 1.93 bits per heavy atom. The molecule has 3 rings (SSSR count). The molecule has 2 aliphatic rings. The van der Waals surface area contributed by atoms with Crippen LogP contribution < -0.4 is 10.6 Å². The highest BCUT2D eigenvalue weighted by molar-refractivity contribution is 5.79. The molecule has 0 aromatic heterocycles. The summed E-state index contributed by atoms with van der Waals surface area (Å²) in [6, 6.07) is 8.81. The lowest BCUT2D eigenvalue weighted by atomic mass is 9.83. The number of benzene rings is 1. The van der Waals surface area contributed by atoms with Gasteiger partial charge in [-0.05, 0) is 56.9 Å². The maximum Gasteiger partial charge on any atom is 0.191 e. The Kier molecular flexibility index (Phi) is 9.01. The van der Waals surface area contributed by atoms with Crippen LogP contribution in [0.4, 0.5) is 0 Å². The largest absolute Gasteiger partial charge is 0.385 e. The van der Waals surface area contributed by atoms with E-state index in [-0.39, 0.29) is 6.10 Å². The van der Waals surface area contributed by atoms with Crippen LogP contribution in [0.3, 0.4) is 0 Å². The van der Waals surface area contributed by atoms with E-state index in [2.05, 4.69) is 48.7 Å². The van der Waals surface area contributed by atoms with Crippen LogP contribution in [0.2, 0.25) is 0 Å². The summed E-state index contributed by atoms with van der Waals surface area (Å²) < 4.78 is 11.6. The molecule has 1 aromatic rings. The Labute approximate surface area is 183 Å². The predicted molar refractivity (Wildman–Crippen MR) is 124 cm³/mol. The van der Waals surface area contributed by atoms with Crippen molar-refractivity contribution in [3.8, 4) is 0 Å². The highest BCUT2D eigenvalue weighted by Gasteiger charge is 2.33. The molecule has 0 radical (unpaired) electrons. The van der Waals surface area contributed by atoms with Crippen LogP contribution in [0.5, 0.6) is 0 Å². The zero-order chi connectivity index (χ0) is 21.2. The minimum Gasteiger partial charge on any atom is -0.385 e. The minimum absolute atomic E-state index is 0.164. The third-order valence-corrected chi connectivity index (χ3v) is 6.80. The van der Waals surface area contributed by atoms with Crippen molar-refractivity contribution in [2.45, 2.75) is 64.9 Å². The predicted octanol–water partition coefficient (Wildman–Crippen LogP) is 4.61. The Morgan fingerprint density at radius 1 is 1.17 bits per heavy atom. The van der Waals surface area contributed by atoms with Crippen LogP contribution in [-0.4, -0.2) is 45.9 Å². The van der Waals surface area contributed by atoms with Gasteiger partial charge in [-0.25, -0.2) is 0 Å². The molecule has 2 atom stereocenters. The number of nitrogens with zero attached hydrogens (tertiary/aromatic N) is 1. The van der Waals surface area contributed by atoms with Crippen molar-refractivity contribution in [2.24, 2.45) is 16.3 Å². The van der Waals surface area contributed by atoms with Gasteiger partial charge in [-0.15, -0.1) is 0 Å².